The van der Waals surface area contributed by atoms with Crippen molar-refractivity contribution < 1.29 is 41.3 Å². The Hall–Kier alpha value is -3.01. The zero-order valence-electron chi connectivity index (χ0n) is 18.2. The molecule has 0 spiro atoms. The van der Waals surface area contributed by atoms with E-state index < -0.39 is 54.1 Å². The van der Waals surface area contributed by atoms with Gasteiger partial charge in [-0.25, -0.2) is 13.6 Å². The maximum absolute atomic E-state index is 14.6. The number of alkyl halides is 5. The molecule has 0 bridgehead atoms. The van der Waals surface area contributed by atoms with Gasteiger partial charge in [0.1, 0.15) is 11.9 Å². The summed E-state index contributed by atoms with van der Waals surface area (Å²) in [5, 5.41) is 10.7. The van der Waals surface area contributed by atoms with Gasteiger partial charge in [-0.1, -0.05) is 37.3 Å². The van der Waals surface area contributed by atoms with E-state index in [-0.39, 0.29) is 11.3 Å². The van der Waals surface area contributed by atoms with Gasteiger partial charge in [0.2, 0.25) is 0 Å². The fraction of sp³-hybridized carbons (Fsp3) is 0.417. The second-order valence-electron chi connectivity index (χ2n) is 8.74. The first kappa shape index (κ1) is 24.1. The summed E-state index contributed by atoms with van der Waals surface area (Å²) in [6, 6.07) is 8.67. The molecule has 5 atom stereocenters. The van der Waals surface area contributed by atoms with Crippen molar-refractivity contribution in [1.82, 2.24) is 4.98 Å². The lowest BCUT2D eigenvalue weighted by Gasteiger charge is -2.45. The number of hydrogen-bond donors (Lipinski definition) is 1. The summed E-state index contributed by atoms with van der Waals surface area (Å²) in [6.45, 7) is 2.92. The quantitative estimate of drug-likeness (QED) is 0.476. The summed E-state index contributed by atoms with van der Waals surface area (Å²) < 4.78 is 76.5. The van der Waals surface area contributed by atoms with Crippen LogP contribution in [0.15, 0.2) is 48.7 Å². The van der Waals surface area contributed by atoms with Crippen molar-refractivity contribution in [2.75, 3.05) is 0 Å². The molecule has 1 aliphatic heterocycles. The van der Waals surface area contributed by atoms with Gasteiger partial charge < -0.3 is 14.6 Å². The predicted molar refractivity (Wildman–Crippen MR) is 112 cm³/mol. The first-order chi connectivity index (χ1) is 15.8. The number of allylic oxidation sites excluding steroid dienone is 1. The first-order valence-electron chi connectivity index (χ1n) is 10.6. The molecule has 2 aromatic rings. The molecule has 1 saturated carbocycles. The number of halogens is 5. The second kappa shape index (κ2) is 8.33. The summed E-state index contributed by atoms with van der Waals surface area (Å²) >= 11 is 0. The number of esters is 1. The van der Waals surface area contributed by atoms with Crippen LogP contribution in [0, 0.1) is 17.8 Å². The first-order valence-corrected chi connectivity index (χ1v) is 10.6. The molecule has 1 saturated heterocycles. The Morgan fingerprint density at radius 3 is 2.53 bits per heavy atom. The number of aliphatic hydroxyl groups is 1. The lowest BCUT2D eigenvalue weighted by Crippen LogP contribution is -2.57. The number of cyclic esters (lactones) is 1. The number of aromatic nitrogens is 1. The van der Waals surface area contributed by atoms with Crippen LogP contribution in [0.3, 0.4) is 0 Å². The zero-order valence-corrected chi connectivity index (χ0v) is 18.2. The van der Waals surface area contributed by atoms with Crippen LogP contribution in [0.2, 0.25) is 0 Å². The predicted octanol–water partition coefficient (Wildman–Crippen LogP) is 5.24. The minimum Gasteiger partial charge on any atom is -0.460 e. The molecule has 10 heteroatoms. The zero-order chi connectivity index (χ0) is 24.9. The van der Waals surface area contributed by atoms with E-state index >= 15 is 0 Å². The minimum atomic E-state index is -4.85. The Kier molecular flexibility index (Phi) is 5.91. The molecule has 182 valence electrons. The van der Waals surface area contributed by atoms with Gasteiger partial charge in [-0.2, -0.15) is 0 Å². The van der Waals surface area contributed by atoms with Gasteiger partial charge in [-0.15, -0.1) is 13.2 Å². The highest BCUT2D eigenvalue weighted by Gasteiger charge is 2.67. The van der Waals surface area contributed by atoms with Crippen molar-refractivity contribution in [2.45, 2.75) is 44.3 Å². The number of benzene rings is 1. The molecule has 4 rings (SSSR count). The standard InChI is InChI=1S/C24H22F5NO4/c1-13-17(20-14(2)33-21(31)22(20,32)12-23(13,25)26)10-9-16-8-7-15(11-30-16)18-5-3-4-6-19(18)34-24(27,28)29/h3-11,13-14,17,20,32H,12H2,1-2H3. The summed E-state index contributed by atoms with van der Waals surface area (Å²) in [6.07, 6.45) is -2.28. The van der Waals surface area contributed by atoms with Crippen molar-refractivity contribution in [3.63, 3.8) is 0 Å². The minimum absolute atomic E-state index is 0.184. The molecule has 1 aliphatic carbocycles. The molecule has 5 unspecified atom stereocenters. The highest BCUT2D eigenvalue weighted by atomic mass is 19.4. The number of hydrogen-bond acceptors (Lipinski definition) is 5. The average Bonchev–Trinajstić information content (AvgIpc) is 2.95. The number of fused-ring (bicyclic) bond motifs is 1. The van der Waals surface area contributed by atoms with E-state index in [0.717, 1.165) is 0 Å². The maximum atomic E-state index is 14.6. The topological polar surface area (TPSA) is 68.7 Å². The number of ether oxygens (including phenoxy) is 2. The van der Waals surface area contributed by atoms with Crippen LogP contribution in [-0.2, 0) is 9.53 Å². The van der Waals surface area contributed by atoms with Crippen LogP contribution in [0.25, 0.3) is 17.2 Å². The van der Waals surface area contributed by atoms with E-state index in [1.165, 1.54) is 55.6 Å². The van der Waals surface area contributed by atoms with Gasteiger partial charge in [0.25, 0.3) is 5.92 Å². The third-order valence-electron chi connectivity index (χ3n) is 6.57. The Bertz CT molecular complexity index is 1100. The van der Waals surface area contributed by atoms with Gasteiger partial charge in [0.05, 0.1) is 12.1 Å². The van der Waals surface area contributed by atoms with Gasteiger partial charge in [0, 0.05) is 29.2 Å². The summed E-state index contributed by atoms with van der Waals surface area (Å²) in [7, 11) is 0. The number of pyridine rings is 1. The van der Waals surface area contributed by atoms with Crippen LogP contribution in [0.1, 0.15) is 26.0 Å². The summed E-state index contributed by atoms with van der Waals surface area (Å²) in [5.41, 5.74) is -1.36. The Morgan fingerprint density at radius 1 is 1.18 bits per heavy atom. The van der Waals surface area contributed by atoms with Gasteiger partial charge >= 0.3 is 12.3 Å². The molecule has 1 N–H and O–H groups in total. The fourth-order valence-corrected chi connectivity index (χ4v) is 4.88. The lowest BCUT2D eigenvalue weighted by atomic mass is 9.62. The van der Waals surface area contributed by atoms with Crippen molar-refractivity contribution in [3.05, 3.63) is 54.4 Å². The van der Waals surface area contributed by atoms with E-state index in [0.29, 0.717) is 11.3 Å². The molecular formula is C24H22F5NO4. The number of nitrogens with zero attached hydrogens (tertiary/aromatic N) is 1. The third kappa shape index (κ3) is 4.38. The van der Waals surface area contributed by atoms with Gasteiger partial charge in [-0.05, 0) is 31.1 Å². The van der Waals surface area contributed by atoms with E-state index in [2.05, 4.69) is 9.72 Å². The number of rotatable bonds is 4. The maximum Gasteiger partial charge on any atom is 0.573 e. The fourth-order valence-electron chi connectivity index (χ4n) is 4.88. The highest BCUT2D eigenvalue weighted by Crippen LogP contribution is 2.54. The van der Waals surface area contributed by atoms with E-state index in [1.807, 2.05) is 0 Å². The van der Waals surface area contributed by atoms with E-state index in [1.54, 1.807) is 13.0 Å². The molecule has 2 aliphatic rings. The van der Waals surface area contributed by atoms with Crippen LogP contribution >= 0.6 is 0 Å². The van der Waals surface area contributed by atoms with Crippen molar-refractivity contribution >= 4 is 12.0 Å². The average molecular weight is 483 g/mol. The Labute approximate surface area is 192 Å². The van der Waals surface area contributed by atoms with Crippen molar-refractivity contribution in [3.8, 4) is 16.9 Å². The van der Waals surface area contributed by atoms with Crippen molar-refractivity contribution in [1.29, 1.82) is 0 Å². The third-order valence-corrected chi connectivity index (χ3v) is 6.57. The SMILES string of the molecule is CC1OC(=O)C2(O)CC(F)(F)C(C)C(C=Cc3ccc(-c4ccccc4OC(F)(F)F)cn3)C12. The normalized spacial score (nSPS) is 30.8. The van der Waals surface area contributed by atoms with Crippen molar-refractivity contribution in [2.24, 2.45) is 17.8 Å². The molecule has 1 aromatic heterocycles. The highest BCUT2D eigenvalue weighted by molar-refractivity contribution is 5.83. The summed E-state index contributed by atoms with van der Waals surface area (Å²) in [4.78, 5) is 16.3. The number of carbonyl (C=O) groups excluding carboxylic acids is 1. The largest absolute Gasteiger partial charge is 0.573 e. The van der Waals surface area contributed by atoms with Crippen LogP contribution in [0.4, 0.5) is 22.0 Å². The molecule has 0 amide bonds. The molecule has 34 heavy (non-hydrogen) atoms. The lowest BCUT2D eigenvalue weighted by molar-refractivity contribution is -0.274. The van der Waals surface area contributed by atoms with Crippen LogP contribution < -0.4 is 4.74 Å². The second-order valence-corrected chi connectivity index (χ2v) is 8.74. The van der Waals surface area contributed by atoms with Gasteiger partial charge in [0.15, 0.2) is 5.60 Å². The smallest absolute Gasteiger partial charge is 0.460 e. The Balaban J connectivity index is 1.60. The van der Waals surface area contributed by atoms with Crippen LogP contribution in [0.5, 0.6) is 5.75 Å². The molecular weight excluding hydrogens is 461 g/mol. The molecule has 2 fully saturated rings. The monoisotopic (exact) mass is 483 g/mol. The van der Waals surface area contributed by atoms with Crippen LogP contribution in [-0.4, -0.2) is 40.0 Å². The molecule has 0 radical (unpaired) electrons. The van der Waals surface area contributed by atoms with E-state index in [4.69, 9.17) is 4.74 Å². The van der Waals surface area contributed by atoms with E-state index in [9.17, 15) is 31.9 Å². The number of carbonyl (C=O) groups is 1. The number of para-hydroxylation sites is 1. The summed E-state index contributed by atoms with van der Waals surface area (Å²) in [5.74, 6) is -7.61. The molecule has 5 nitrogen and oxygen atoms in total. The Morgan fingerprint density at radius 2 is 1.88 bits per heavy atom. The molecule has 1 aromatic carbocycles. The van der Waals surface area contributed by atoms with Gasteiger partial charge in [-0.3, -0.25) is 4.98 Å². The molecule has 2 heterocycles.